The van der Waals surface area contributed by atoms with E-state index in [1.165, 1.54) is 12.1 Å². The molecule has 0 bridgehead atoms. The first-order valence-electron chi connectivity index (χ1n) is 8.22. The maximum atomic E-state index is 13.2. The molecule has 2 aromatic carbocycles. The molecule has 4 nitrogen and oxygen atoms in total. The van der Waals surface area contributed by atoms with Gasteiger partial charge in [-0.25, -0.2) is 4.39 Å². The first-order valence-corrected chi connectivity index (χ1v) is 8.60. The standard InChI is InChI=1S/C19H20ClFN2O2/c20-17-10-16(25-12-13-3-1-4-15(21)9-13)7-6-14(17)11-23-8-2-5-18(23)19(22)24/h1,3-4,6-7,9-10,18H,2,5,8,11-12H2,(H2,22,24)/t18-/m0/s1. The van der Waals surface area contributed by atoms with Gasteiger partial charge in [0.25, 0.3) is 0 Å². The molecular weight excluding hydrogens is 343 g/mol. The molecule has 2 aromatic rings. The molecule has 3 rings (SSSR count). The quantitative estimate of drug-likeness (QED) is 0.855. The molecule has 1 amide bonds. The van der Waals surface area contributed by atoms with E-state index in [9.17, 15) is 9.18 Å². The predicted molar refractivity (Wildman–Crippen MR) is 94.8 cm³/mol. The molecule has 0 radical (unpaired) electrons. The number of hydrogen-bond acceptors (Lipinski definition) is 3. The fraction of sp³-hybridized carbons (Fsp3) is 0.316. The number of hydrogen-bond donors (Lipinski definition) is 1. The molecular formula is C19H20ClFN2O2. The van der Waals surface area contributed by atoms with Crippen molar-refractivity contribution in [2.75, 3.05) is 6.54 Å². The van der Waals surface area contributed by atoms with Crippen LogP contribution in [-0.2, 0) is 17.9 Å². The number of nitrogens with zero attached hydrogens (tertiary/aromatic N) is 1. The molecule has 2 N–H and O–H groups in total. The van der Waals surface area contributed by atoms with Crippen molar-refractivity contribution in [2.24, 2.45) is 5.73 Å². The highest BCUT2D eigenvalue weighted by Gasteiger charge is 2.29. The number of benzene rings is 2. The number of carbonyl (C=O) groups is 1. The molecule has 0 aromatic heterocycles. The average molecular weight is 363 g/mol. The van der Waals surface area contributed by atoms with Gasteiger partial charge in [0, 0.05) is 11.6 Å². The third-order valence-electron chi connectivity index (χ3n) is 4.38. The highest BCUT2D eigenvalue weighted by molar-refractivity contribution is 6.31. The molecule has 1 atom stereocenters. The van der Waals surface area contributed by atoms with Gasteiger partial charge in [0.2, 0.25) is 5.91 Å². The first kappa shape index (κ1) is 17.7. The van der Waals surface area contributed by atoms with E-state index in [0.717, 1.165) is 30.5 Å². The van der Waals surface area contributed by atoms with Gasteiger partial charge in [0.1, 0.15) is 18.2 Å². The van der Waals surface area contributed by atoms with Gasteiger partial charge in [-0.3, -0.25) is 9.69 Å². The van der Waals surface area contributed by atoms with Crippen LogP contribution in [0.2, 0.25) is 5.02 Å². The maximum absolute atomic E-state index is 13.2. The largest absolute Gasteiger partial charge is 0.489 e. The van der Waals surface area contributed by atoms with Crippen LogP contribution in [0.4, 0.5) is 4.39 Å². The molecule has 132 valence electrons. The summed E-state index contributed by atoms with van der Waals surface area (Å²) in [6.45, 7) is 1.68. The molecule has 0 aliphatic carbocycles. The third-order valence-corrected chi connectivity index (χ3v) is 4.74. The Bertz CT molecular complexity index is 769. The zero-order valence-corrected chi connectivity index (χ0v) is 14.5. The third kappa shape index (κ3) is 4.50. The molecule has 1 saturated heterocycles. The Labute approximate surface area is 151 Å². The number of ether oxygens (including phenoxy) is 1. The van der Waals surface area contributed by atoms with E-state index in [0.29, 0.717) is 17.3 Å². The van der Waals surface area contributed by atoms with Crippen molar-refractivity contribution in [3.8, 4) is 5.75 Å². The van der Waals surface area contributed by atoms with Crippen molar-refractivity contribution in [1.82, 2.24) is 4.90 Å². The van der Waals surface area contributed by atoms with E-state index in [-0.39, 0.29) is 24.4 Å². The van der Waals surface area contributed by atoms with Crippen LogP contribution >= 0.6 is 11.6 Å². The first-order chi connectivity index (χ1) is 12.0. The van der Waals surface area contributed by atoms with Gasteiger partial charge >= 0.3 is 0 Å². The lowest BCUT2D eigenvalue weighted by atomic mass is 10.1. The van der Waals surface area contributed by atoms with E-state index in [4.69, 9.17) is 22.1 Å². The summed E-state index contributed by atoms with van der Waals surface area (Å²) in [7, 11) is 0. The summed E-state index contributed by atoms with van der Waals surface area (Å²) in [5.74, 6) is 0.0404. The van der Waals surface area contributed by atoms with Gasteiger partial charge < -0.3 is 10.5 Å². The van der Waals surface area contributed by atoms with Crippen molar-refractivity contribution in [3.05, 3.63) is 64.4 Å². The number of primary amides is 1. The lowest BCUT2D eigenvalue weighted by Gasteiger charge is -2.22. The molecule has 1 fully saturated rings. The Morgan fingerprint density at radius 3 is 2.88 bits per heavy atom. The normalized spacial score (nSPS) is 17.6. The highest BCUT2D eigenvalue weighted by Crippen LogP contribution is 2.27. The fourth-order valence-electron chi connectivity index (χ4n) is 3.10. The Morgan fingerprint density at radius 2 is 2.16 bits per heavy atom. The molecule has 0 unspecified atom stereocenters. The lowest BCUT2D eigenvalue weighted by molar-refractivity contribution is -0.122. The van der Waals surface area contributed by atoms with Crippen LogP contribution in [0.1, 0.15) is 24.0 Å². The molecule has 0 spiro atoms. The van der Waals surface area contributed by atoms with Crippen LogP contribution < -0.4 is 10.5 Å². The Kier molecular flexibility index (Phi) is 5.56. The molecule has 1 aliphatic rings. The minimum Gasteiger partial charge on any atom is -0.489 e. The van der Waals surface area contributed by atoms with E-state index < -0.39 is 0 Å². The van der Waals surface area contributed by atoms with Gasteiger partial charge in [-0.05, 0) is 54.8 Å². The van der Waals surface area contributed by atoms with Crippen LogP contribution in [0, 0.1) is 5.82 Å². The Morgan fingerprint density at radius 1 is 1.32 bits per heavy atom. The number of carbonyl (C=O) groups excluding carboxylic acids is 1. The topological polar surface area (TPSA) is 55.6 Å². The second-order valence-electron chi connectivity index (χ2n) is 6.20. The number of rotatable bonds is 6. The van der Waals surface area contributed by atoms with Crippen LogP contribution in [0.5, 0.6) is 5.75 Å². The summed E-state index contributed by atoms with van der Waals surface area (Å²) >= 11 is 6.36. The smallest absolute Gasteiger partial charge is 0.234 e. The molecule has 25 heavy (non-hydrogen) atoms. The van der Waals surface area contributed by atoms with Crippen LogP contribution in [0.3, 0.4) is 0 Å². The van der Waals surface area contributed by atoms with E-state index >= 15 is 0 Å². The second-order valence-corrected chi connectivity index (χ2v) is 6.61. The Hall–Kier alpha value is -2.11. The van der Waals surface area contributed by atoms with Gasteiger partial charge in [0.15, 0.2) is 0 Å². The number of halogens is 2. The van der Waals surface area contributed by atoms with Gasteiger partial charge in [0.05, 0.1) is 6.04 Å². The van der Waals surface area contributed by atoms with Crippen LogP contribution in [0.25, 0.3) is 0 Å². The van der Waals surface area contributed by atoms with Gasteiger partial charge in [-0.15, -0.1) is 0 Å². The summed E-state index contributed by atoms with van der Waals surface area (Å²) in [6.07, 6.45) is 1.75. The zero-order chi connectivity index (χ0) is 17.8. The molecule has 1 heterocycles. The summed E-state index contributed by atoms with van der Waals surface area (Å²) < 4.78 is 18.9. The average Bonchev–Trinajstić information content (AvgIpc) is 3.04. The minimum atomic E-state index is -0.288. The van der Waals surface area contributed by atoms with E-state index in [2.05, 4.69) is 4.90 Å². The van der Waals surface area contributed by atoms with E-state index in [1.807, 2.05) is 12.1 Å². The lowest BCUT2D eigenvalue weighted by Crippen LogP contribution is -2.39. The predicted octanol–water partition coefficient (Wildman–Crippen LogP) is 3.51. The minimum absolute atomic E-state index is 0.222. The van der Waals surface area contributed by atoms with Gasteiger partial charge in [-0.2, -0.15) is 0 Å². The summed E-state index contributed by atoms with van der Waals surface area (Å²) in [5, 5.41) is 0.576. The summed E-state index contributed by atoms with van der Waals surface area (Å²) in [6, 6.07) is 11.5. The van der Waals surface area contributed by atoms with Crippen LogP contribution in [-0.4, -0.2) is 23.4 Å². The molecule has 1 aliphatic heterocycles. The van der Waals surface area contributed by atoms with Crippen LogP contribution in [0.15, 0.2) is 42.5 Å². The summed E-state index contributed by atoms with van der Waals surface area (Å²) in [5.41, 5.74) is 7.12. The second kappa shape index (κ2) is 7.85. The molecule has 0 saturated carbocycles. The number of nitrogens with two attached hydrogens (primary N) is 1. The van der Waals surface area contributed by atoms with Crippen molar-refractivity contribution in [3.63, 3.8) is 0 Å². The van der Waals surface area contributed by atoms with Crippen molar-refractivity contribution in [1.29, 1.82) is 0 Å². The van der Waals surface area contributed by atoms with Gasteiger partial charge in [-0.1, -0.05) is 29.8 Å². The monoisotopic (exact) mass is 362 g/mol. The Balaban J connectivity index is 1.63. The van der Waals surface area contributed by atoms with Crippen molar-refractivity contribution < 1.29 is 13.9 Å². The number of amides is 1. The zero-order valence-electron chi connectivity index (χ0n) is 13.8. The van der Waals surface area contributed by atoms with Crippen molar-refractivity contribution in [2.45, 2.75) is 32.0 Å². The SMILES string of the molecule is NC(=O)[C@@H]1CCCN1Cc1ccc(OCc2cccc(F)c2)cc1Cl. The number of likely N-dealkylation sites (tertiary alicyclic amines) is 1. The van der Waals surface area contributed by atoms with Crippen molar-refractivity contribution >= 4 is 17.5 Å². The van der Waals surface area contributed by atoms with E-state index in [1.54, 1.807) is 18.2 Å². The molecule has 6 heteroatoms. The fourth-order valence-corrected chi connectivity index (χ4v) is 3.33. The highest BCUT2D eigenvalue weighted by atomic mass is 35.5. The summed E-state index contributed by atoms with van der Waals surface area (Å²) in [4.78, 5) is 13.5. The maximum Gasteiger partial charge on any atom is 0.234 e.